The van der Waals surface area contributed by atoms with E-state index in [1.54, 1.807) is 0 Å². The van der Waals surface area contributed by atoms with Crippen LogP contribution in [0.4, 0.5) is 0 Å². The fourth-order valence-corrected chi connectivity index (χ4v) is 5.38. The molecule has 0 saturated heterocycles. The van der Waals surface area contributed by atoms with E-state index in [0.29, 0.717) is 23.6 Å². The van der Waals surface area contributed by atoms with Gasteiger partial charge >= 0.3 is 0 Å². The molecule has 2 atom stereocenters. The molecule has 0 fully saturated rings. The van der Waals surface area contributed by atoms with Crippen molar-refractivity contribution in [3.8, 4) is 0 Å². The zero-order valence-corrected chi connectivity index (χ0v) is 17.8. The normalized spacial score (nSPS) is 21.2. The highest BCUT2D eigenvalue weighted by atomic mass is 16.3. The number of aliphatic hydroxyl groups excluding tert-OH is 1. The van der Waals surface area contributed by atoms with Crippen LogP contribution in [0.1, 0.15) is 24.0 Å². The summed E-state index contributed by atoms with van der Waals surface area (Å²) in [5.74, 6) is 0.167. The molecule has 0 aliphatic carbocycles. The molecule has 6 nitrogen and oxygen atoms in total. The van der Waals surface area contributed by atoms with Crippen molar-refractivity contribution in [1.29, 1.82) is 0 Å². The summed E-state index contributed by atoms with van der Waals surface area (Å²) in [4.78, 5) is 13.1. The Balaban J connectivity index is 1.70. The van der Waals surface area contributed by atoms with Gasteiger partial charge in [0.1, 0.15) is 0 Å². The van der Waals surface area contributed by atoms with E-state index < -0.39 is 6.23 Å². The Hall–Kier alpha value is -3.35. The molecule has 4 bridgehead atoms. The van der Waals surface area contributed by atoms with Gasteiger partial charge in [-0.05, 0) is 37.4 Å². The van der Waals surface area contributed by atoms with Gasteiger partial charge in [-0.1, -0.05) is 36.4 Å². The van der Waals surface area contributed by atoms with E-state index in [-0.39, 0.29) is 5.91 Å². The van der Waals surface area contributed by atoms with Crippen LogP contribution >= 0.6 is 0 Å². The number of rotatable bonds is 1. The minimum absolute atomic E-state index is 0.234. The van der Waals surface area contributed by atoms with Crippen LogP contribution in [0.25, 0.3) is 33.0 Å². The van der Waals surface area contributed by atoms with Crippen molar-refractivity contribution in [1.82, 2.24) is 14.5 Å². The first-order valence-corrected chi connectivity index (χ1v) is 11.3. The lowest BCUT2D eigenvalue weighted by Gasteiger charge is -2.16. The van der Waals surface area contributed by atoms with Crippen molar-refractivity contribution in [2.45, 2.75) is 32.2 Å². The van der Waals surface area contributed by atoms with Crippen LogP contribution in [0.3, 0.4) is 0 Å². The van der Waals surface area contributed by atoms with Crippen LogP contribution < -0.4 is 11.1 Å². The Kier molecular flexibility index (Phi) is 4.45. The summed E-state index contributed by atoms with van der Waals surface area (Å²) < 4.78 is 4.47. The molecule has 2 aromatic heterocycles. The number of hydrogen-bond donors (Lipinski definition) is 3. The topological polar surface area (TPSA) is 85.2 Å². The smallest absolute Gasteiger partial charge is 0.254 e. The Labute approximate surface area is 185 Å². The number of benzene rings is 2. The molecule has 162 valence electrons. The lowest BCUT2D eigenvalue weighted by Crippen LogP contribution is -2.27. The van der Waals surface area contributed by atoms with E-state index in [1.165, 1.54) is 0 Å². The van der Waals surface area contributed by atoms with Crippen LogP contribution in [0.5, 0.6) is 0 Å². The van der Waals surface area contributed by atoms with Gasteiger partial charge in [0.25, 0.3) is 5.91 Å². The number of carbonyl (C=O) groups excluding carboxylic acids is 1. The highest BCUT2D eigenvalue weighted by Crippen LogP contribution is 2.40. The minimum atomic E-state index is -1.04. The van der Waals surface area contributed by atoms with Gasteiger partial charge in [-0.25, -0.2) is 0 Å². The van der Waals surface area contributed by atoms with E-state index in [2.05, 4.69) is 51.1 Å². The molecule has 2 aromatic carbocycles. The highest BCUT2D eigenvalue weighted by molar-refractivity contribution is 6.33. The lowest BCUT2D eigenvalue weighted by molar-refractivity contribution is -0.116. The van der Waals surface area contributed by atoms with Gasteiger partial charge in [0.15, 0.2) is 6.23 Å². The van der Waals surface area contributed by atoms with E-state index in [1.807, 2.05) is 24.3 Å². The summed E-state index contributed by atoms with van der Waals surface area (Å²) in [6.07, 6.45) is 5.07. The third-order valence-electron chi connectivity index (χ3n) is 7.06. The molecule has 0 spiro atoms. The number of nitrogens with two attached hydrogens (primary N) is 1. The van der Waals surface area contributed by atoms with Crippen LogP contribution in [0.15, 0.2) is 60.9 Å². The summed E-state index contributed by atoms with van der Waals surface area (Å²) in [7, 11) is 0. The zero-order valence-electron chi connectivity index (χ0n) is 17.8. The monoisotopic (exact) mass is 426 g/mol. The number of nitrogens with one attached hydrogen (secondary N) is 1. The maximum atomic E-state index is 13.1. The molecule has 6 rings (SSSR count). The molecule has 4 N–H and O–H groups in total. The van der Waals surface area contributed by atoms with Crippen LogP contribution in [0.2, 0.25) is 0 Å². The van der Waals surface area contributed by atoms with E-state index in [0.717, 1.165) is 58.9 Å². The third-order valence-corrected chi connectivity index (χ3v) is 7.06. The molecule has 2 aliphatic heterocycles. The second kappa shape index (κ2) is 7.36. The predicted molar refractivity (Wildman–Crippen MR) is 127 cm³/mol. The minimum Gasteiger partial charge on any atom is -0.369 e. The molecular formula is C26H26N4O2. The number of carbonyl (C=O) groups is 1. The zero-order chi connectivity index (χ0) is 21.8. The molecular weight excluding hydrogens is 400 g/mol. The number of nitrogens with zero attached hydrogens (tertiary/aromatic N) is 2. The number of para-hydroxylation sites is 2. The maximum Gasteiger partial charge on any atom is 0.254 e. The Morgan fingerprint density at radius 1 is 0.906 bits per heavy atom. The first-order chi connectivity index (χ1) is 15.7. The SMILES string of the molecule is NCC1CCn2cc(c3ccccc32)C2=C(c3cn(c4ccccc34)CC1)C(O)NC2=O. The average molecular weight is 427 g/mol. The van der Waals surface area contributed by atoms with Crippen molar-refractivity contribution in [2.75, 3.05) is 6.54 Å². The van der Waals surface area contributed by atoms with Gasteiger partial charge in [-0.15, -0.1) is 0 Å². The van der Waals surface area contributed by atoms with Crippen molar-refractivity contribution in [2.24, 2.45) is 11.7 Å². The highest BCUT2D eigenvalue weighted by Gasteiger charge is 2.35. The van der Waals surface area contributed by atoms with E-state index >= 15 is 0 Å². The standard InChI is InChI=1S/C26H26N4O2/c27-13-16-9-11-29-14-19(17-5-1-3-7-21(17)29)23-24(26(32)28-25(23)31)20-15-30(12-10-16)22-8-4-2-6-18(20)22/h1-8,14-16,25,31H,9-13,27H2,(H,28,32). The van der Waals surface area contributed by atoms with E-state index in [9.17, 15) is 9.90 Å². The summed E-state index contributed by atoms with van der Waals surface area (Å²) in [6.45, 7) is 2.33. The summed E-state index contributed by atoms with van der Waals surface area (Å²) in [5.41, 5.74) is 11.3. The Morgan fingerprint density at radius 3 is 2.09 bits per heavy atom. The molecule has 6 heteroatoms. The largest absolute Gasteiger partial charge is 0.369 e. The summed E-state index contributed by atoms with van der Waals surface area (Å²) in [6, 6.07) is 16.4. The van der Waals surface area contributed by atoms with Gasteiger partial charge < -0.3 is 25.3 Å². The number of hydrogen-bond acceptors (Lipinski definition) is 3. The molecule has 1 amide bonds. The Bertz CT molecular complexity index is 1390. The number of aromatic nitrogens is 2. The molecule has 4 aromatic rings. The maximum absolute atomic E-state index is 13.1. The number of aryl methyl sites for hydroxylation is 2. The van der Waals surface area contributed by atoms with Crippen molar-refractivity contribution in [3.05, 3.63) is 72.1 Å². The fraction of sp³-hybridized carbons (Fsp3) is 0.269. The van der Waals surface area contributed by atoms with Crippen molar-refractivity contribution in [3.63, 3.8) is 0 Å². The first-order valence-electron chi connectivity index (χ1n) is 11.3. The number of fused-ring (bicyclic) bond motifs is 12. The Morgan fingerprint density at radius 2 is 1.47 bits per heavy atom. The van der Waals surface area contributed by atoms with Gasteiger partial charge in [0.05, 0.1) is 5.57 Å². The predicted octanol–water partition coefficient (Wildman–Crippen LogP) is 3.32. The molecule has 0 radical (unpaired) electrons. The number of aliphatic hydroxyl groups is 1. The average Bonchev–Trinajstić information content (AvgIpc) is 3.44. The van der Waals surface area contributed by atoms with Gasteiger partial charge in [0.2, 0.25) is 0 Å². The van der Waals surface area contributed by atoms with Crippen molar-refractivity contribution >= 4 is 38.9 Å². The lowest BCUT2D eigenvalue weighted by atomic mass is 9.95. The summed E-state index contributed by atoms with van der Waals surface area (Å²) in [5, 5.41) is 15.8. The first kappa shape index (κ1) is 19.3. The van der Waals surface area contributed by atoms with Crippen molar-refractivity contribution < 1.29 is 9.90 Å². The van der Waals surface area contributed by atoms with Crippen LogP contribution in [-0.4, -0.2) is 32.9 Å². The summed E-state index contributed by atoms with van der Waals surface area (Å²) >= 11 is 0. The van der Waals surface area contributed by atoms with Crippen LogP contribution in [0, 0.1) is 5.92 Å². The second-order valence-corrected chi connectivity index (χ2v) is 8.85. The molecule has 0 saturated carbocycles. The molecule has 4 heterocycles. The second-order valence-electron chi connectivity index (χ2n) is 8.85. The number of amides is 1. The quantitative estimate of drug-likeness (QED) is 0.437. The third kappa shape index (κ3) is 2.83. The van der Waals surface area contributed by atoms with E-state index in [4.69, 9.17) is 5.73 Å². The molecule has 2 unspecified atom stereocenters. The van der Waals surface area contributed by atoms with Gasteiger partial charge in [-0.3, -0.25) is 4.79 Å². The van der Waals surface area contributed by atoms with Gasteiger partial charge in [-0.2, -0.15) is 0 Å². The molecule has 32 heavy (non-hydrogen) atoms. The van der Waals surface area contributed by atoms with Gasteiger partial charge in [0, 0.05) is 64.0 Å². The fourth-order valence-electron chi connectivity index (χ4n) is 5.38. The molecule has 2 aliphatic rings. The van der Waals surface area contributed by atoms with Crippen LogP contribution in [-0.2, 0) is 17.9 Å².